The Morgan fingerprint density at radius 2 is 1.91 bits per heavy atom. The molecule has 120 valence electrons. The molecule has 6 nitrogen and oxygen atoms in total. The molecule has 1 aromatic carbocycles. The molecule has 1 aromatic rings. The van der Waals surface area contributed by atoms with Crippen LogP contribution >= 0.6 is 0 Å². The van der Waals surface area contributed by atoms with Crippen LogP contribution in [0.1, 0.15) is 11.1 Å². The van der Waals surface area contributed by atoms with Crippen LogP contribution in [0.25, 0.3) is 0 Å². The van der Waals surface area contributed by atoms with Crippen molar-refractivity contribution in [3.8, 4) is 0 Å². The Morgan fingerprint density at radius 1 is 1.18 bits per heavy atom. The van der Waals surface area contributed by atoms with E-state index in [0.29, 0.717) is 19.8 Å². The van der Waals surface area contributed by atoms with Gasteiger partial charge in [0.15, 0.2) is 0 Å². The summed E-state index contributed by atoms with van der Waals surface area (Å²) in [6.07, 6.45) is 0. The van der Waals surface area contributed by atoms with Crippen LogP contribution in [0.3, 0.4) is 0 Å². The van der Waals surface area contributed by atoms with Gasteiger partial charge in [0.2, 0.25) is 11.8 Å². The van der Waals surface area contributed by atoms with Gasteiger partial charge in [-0.15, -0.1) is 0 Å². The van der Waals surface area contributed by atoms with E-state index in [9.17, 15) is 9.59 Å². The lowest BCUT2D eigenvalue weighted by atomic mass is 10.1. The average Bonchev–Trinajstić information content (AvgIpc) is 2.51. The largest absolute Gasteiger partial charge is 0.379 e. The number of morpholine rings is 1. The lowest BCUT2D eigenvalue weighted by Gasteiger charge is -2.25. The first-order valence-electron chi connectivity index (χ1n) is 7.49. The number of aryl methyl sites for hydroxylation is 1. The van der Waals surface area contributed by atoms with E-state index < -0.39 is 0 Å². The lowest BCUT2D eigenvalue weighted by Crippen LogP contribution is -2.44. The van der Waals surface area contributed by atoms with Gasteiger partial charge < -0.3 is 15.4 Å². The molecule has 0 atom stereocenters. The van der Waals surface area contributed by atoms with Crippen LogP contribution in [0, 0.1) is 13.8 Å². The van der Waals surface area contributed by atoms with E-state index in [-0.39, 0.29) is 18.4 Å². The number of hydrogen-bond donors (Lipinski definition) is 2. The molecule has 6 heteroatoms. The summed E-state index contributed by atoms with van der Waals surface area (Å²) < 4.78 is 5.23. The monoisotopic (exact) mass is 305 g/mol. The molecule has 0 saturated carbocycles. The minimum atomic E-state index is -0.218. The molecule has 1 heterocycles. The number of carbonyl (C=O) groups excluding carboxylic acids is 2. The fraction of sp³-hybridized carbons (Fsp3) is 0.500. The number of rotatable bonds is 5. The van der Waals surface area contributed by atoms with Crippen molar-refractivity contribution in [2.24, 2.45) is 0 Å². The Hall–Kier alpha value is -1.92. The summed E-state index contributed by atoms with van der Waals surface area (Å²) in [5, 5.41) is 5.47. The summed E-state index contributed by atoms with van der Waals surface area (Å²) in [4.78, 5) is 25.7. The predicted octanol–water partition coefficient (Wildman–Crippen LogP) is 0.690. The van der Waals surface area contributed by atoms with Crippen molar-refractivity contribution in [1.82, 2.24) is 10.2 Å². The highest BCUT2D eigenvalue weighted by molar-refractivity contribution is 5.95. The Labute approximate surface area is 130 Å². The lowest BCUT2D eigenvalue weighted by molar-refractivity contribution is -0.125. The van der Waals surface area contributed by atoms with Gasteiger partial charge >= 0.3 is 0 Å². The minimum absolute atomic E-state index is 0.0173. The van der Waals surface area contributed by atoms with Gasteiger partial charge in [0.25, 0.3) is 0 Å². The fourth-order valence-electron chi connectivity index (χ4n) is 2.28. The number of nitrogens with one attached hydrogen (secondary N) is 2. The zero-order valence-corrected chi connectivity index (χ0v) is 13.1. The number of hydrogen-bond acceptors (Lipinski definition) is 4. The molecule has 1 fully saturated rings. The highest BCUT2D eigenvalue weighted by Crippen LogP contribution is 2.17. The van der Waals surface area contributed by atoms with E-state index in [0.717, 1.165) is 29.9 Å². The van der Waals surface area contributed by atoms with Crippen molar-refractivity contribution < 1.29 is 14.3 Å². The summed E-state index contributed by atoms with van der Waals surface area (Å²) >= 11 is 0. The van der Waals surface area contributed by atoms with Crippen molar-refractivity contribution in [3.63, 3.8) is 0 Å². The maximum Gasteiger partial charge on any atom is 0.243 e. The first kappa shape index (κ1) is 16.5. The van der Waals surface area contributed by atoms with Crippen molar-refractivity contribution in [2.75, 3.05) is 44.7 Å². The molecular weight excluding hydrogens is 282 g/mol. The highest BCUT2D eigenvalue weighted by Gasteiger charge is 2.14. The molecule has 1 aliphatic heterocycles. The van der Waals surface area contributed by atoms with Gasteiger partial charge in [-0.3, -0.25) is 14.5 Å². The molecule has 0 unspecified atom stereocenters. The SMILES string of the molecule is Cc1cccc(NC(=O)CNC(=O)CN2CCOCC2)c1C. The molecule has 0 radical (unpaired) electrons. The average molecular weight is 305 g/mol. The second-order valence-electron chi connectivity index (χ2n) is 5.46. The van der Waals surface area contributed by atoms with E-state index in [2.05, 4.69) is 10.6 Å². The van der Waals surface area contributed by atoms with Crippen molar-refractivity contribution in [1.29, 1.82) is 0 Å². The van der Waals surface area contributed by atoms with E-state index in [1.54, 1.807) is 0 Å². The maximum atomic E-state index is 11.9. The Morgan fingerprint density at radius 3 is 2.64 bits per heavy atom. The van der Waals surface area contributed by atoms with Crippen molar-refractivity contribution in [2.45, 2.75) is 13.8 Å². The second kappa shape index (κ2) is 7.91. The molecule has 2 amide bonds. The molecule has 22 heavy (non-hydrogen) atoms. The number of ether oxygens (including phenoxy) is 1. The van der Waals surface area contributed by atoms with E-state index >= 15 is 0 Å². The quantitative estimate of drug-likeness (QED) is 0.840. The third-order valence-electron chi connectivity index (χ3n) is 3.80. The first-order valence-corrected chi connectivity index (χ1v) is 7.49. The Balaban J connectivity index is 1.75. The second-order valence-corrected chi connectivity index (χ2v) is 5.46. The van der Waals surface area contributed by atoms with E-state index in [1.807, 2.05) is 36.9 Å². The molecule has 0 spiro atoms. The molecular formula is C16H23N3O3. The Bertz CT molecular complexity index is 539. The molecule has 1 saturated heterocycles. The number of anilines is 1. The van der Waals surface area contributed by atoms with Gasteiger partial charge in [-0.25, -0.2) is 0 Å². The zero-order valence-electron chi connectivity index (χ0n) is 13.1. The predicted molar refractivity (Wildman–Crippen MR) is 84.8 cm³/mol. The van der Waals surface area contributed by atoms with Crippen molar-refractivity contribution >= 4 is 17.5 Å². The van der Waals surface area contributed by atoms with Crippen LogP contribution in [0.5, 0.6) is 0 Å². The molecule has 2 rings (SSSR count). The molecule has 2 N–H and O–H groups in total. The van der Waals surface area contributed by atoms with Crippen LogP contribution in [-0.2, 0) is 14.3 Å². The first-order chi connectivity index (χ1) is 10.6. The molecule has 0 aliphatic carbocycles. The third-order valence-corrected chi connectivity index (χ3v) is 3.80. The van der Waals surface area contributed by atoms with Crippen LogP contribution in [0.4, 0.5) is 5.69 Å². The van der Waals surface area contributed by atoms with Gasteiger partial charge in [-0.05, 0) is 31.0 Å². The summed E-state index contributed by atoms with van der Waals surface area (Å²) in [6, 6.07) is 5.75. The van der Waals surface area contributed by atoms with Gasteiger partial charge in [0.1, 0.15) is 0 Å². The van der Waals surface area contributed by atoms with Gasteiger partial charge in [-0.1, -0.05) is 12.1 Å². The maximum absolute atomic E-state index is 11.9. The fourth-order valence-corrected chi connectivity index (χ4v) is 2.28. The smallest absolute Gasteiger partial charge is 0.243 e. The minimum Gasteiger partial charge on any atom is -0.379 e. The van der Waals surface area contributed by atoms with Crippen LogP contribution in [0.15, 0.2) is 18.2 Å². The topological polar surface area (TPSA) is 70.7 Å². The van der Waals surface area contributed by atoms with Gasteiger partial charge in [0, 0.05) is 18.8 Å². The molecule has 1 aliphatic rings. The van der Waals surface area contributed by atoms with Gasteiger partial charge in [-0.2, -0.15) is 0 Å². The summed E-state index contributed by atoms with van der Waals surface area (Å²) in [6.45, 7) is 7.05. The Kier molecular flexibility index (Phi) is 5.91. The highest BCUT2D eigenvalue weighted by atomic mass is 16.5. The van der Waals surface area contributed by atoms with Gasteiger partial charge in [0.05, 0.1) is 26.3 Å². The number of amides is 2. The normalized spacial score (nSPS) is 15.4. The number of carbonyl (C=O) groups is 2. The summed E-state index contributed by atoms with van der Waals surface area (Å²) in [5.41, 5.74) is 2.94. The third kappa shape index (κ3) is 4.82. The summed E-state index contributed by atoms with van der Waals surface area (Å²) in [7, 11) is 0. The van der Waals surface area contributed by atoms with Crippen LogP contribution in [-0.4, -0.2) is 56.1 Å². The number of nitrogens with zero attached hydrogens (tertiary/aromatic N) is 1. The van der Waals surface area contributed by atoms with E-state index in [1.165, 1.54) is 0 Å². The zero-order chi connectivity index (χ0) is 15.9. The van der Waals surface area contributed by atoms with E-state index in [4.69, 9.17) is 4.74 Å². The standard InChI is InChI=1S/C16H23N3O3/c1-12-4-3-5-14(13(12)2)18-15(20)10-17-16(21)11-19-6-8-22-9-7-19/h3-5H,6-11H2,1-2H3,(H,17,21)(H,18,20). The molecule has 0 bridgehead atoms. The van der Waals surface area contributed by atoms with Crippen LogP contribution in [0.2, 0.25) is 0 Å². The number of benzene rings is 1. The molecule has 0 aromatic heterocycles. The van der Waals surface area contributed by atoms with Crippen LogP contribution < -0.4 is 10.6 Å². The summed E-state index contributed by atoms with van der Waals surface area (Å²) in [5.74, 6) is -0.359. The van der Waals surface area contributed by atoms with Crippen molar-refractivity contribution in [3.05, 3.63) is 29.3 Å².